The Balaban J connectivity index is 2.34. The minimum Gasteiger partial charge on any atom is -0.324 e. The predicted molar refractivity (Wildman–Crippen MR) is 77.9 cm³/mol. The molecule has 3 N–H and O–H groups in total. The number of nitrogens with two attached hydrogens (primary N) is 1. The number of carbonyl (C=O) groups is 1. The number of anilines is 1. The summed E-state index contributed by atoms with van der Waals surface area (Å²) in [6, 6.07) is 7.19. The van der Waals surface area contributed by atoms with Gasteiger partial charge in [0, 0.05) is 30.2 Å². The molecule has 2 rings (SSSR count). The van der Waals surface area contributed by atoms with Crippen molar-refractivity contribution < 1.29 is 9.72 Å². The van der Waals surface area contributed by atoms with Crippen molar-refractivity contribution in [3.05, 3.63) is 64.0 Å². The van der Waals surface area contributed by atoms with E-state index in [2.05, 4.69) is 10.3 Å². The summed E-state index contributed by atoms with van der Waals surface area (Å²) in [5, 5.41) is 13.7. The average Bonchev–Trinajstić information content (AvgIpc) is 2.47. The van der Waals surface area contributed by atoms with Crippen molar-refractivity contribution >= 4 is 17.3 Å². The molecule has 7 heteroatoms. The second-order valence-electron chi connectivity index (χ2n) is 4.51. The number of nitrogens with one attached hydrogen (secondary N) is 1. The lowest BCUT2D eigenvalue weighted by Crippen LogP contribution is -2.15. The summed E-state index contributed by atoms with van der Waals surface area (Å²) in [7, 11) is 0. The highest BCUT2D eigenvalue weighted by molar-refractivity contribution is 6.07. The molecule has 0 bridgehead atoms. The summed E-state index contributed by atoms with van der Waals surface area (Å²) in [6.07, 6.45) is 3.03. The summed E-state index contributed by atoms with van der Waals surface area (Å²) in [5.74, 6) is -0.552. The van der Waals surface area contributed by atoms with E-state index in [4.69, 9.17) is 5.73 Å². The molecule has 1 unspecified atom stereocenters. The van der Waals surface area contributed by atoms with E-state index in [1.807, 2.05) is 0 Å². The van der Waals surface area contributed by atoms with Gasteiger partial charge in [0.2, 0.25) is 0 Å². The second-order valence-corrected chi connectivity index (χ2v) is 4.51. The van der Waals surface area contributed by atoms with Crippen LogP contribution in [-0.2, 0) is 0 Å². The Kier molecular flexibility index (Phi) is 4.24. The van der Waals surface area contributed by atoms with Crippen molar-refractivity contribution in [3.8, 4) is 0 Å². The van der Waals surface area contributed by atoms with Gasteiger partial charge in [-0.15, -0.1) is 0 Å². The van der Waals surface area contributed by atoms with Crippen molar-refractivity contribution in [2.45, 2.75) is 13.0 Å². The summed E-state index contributed by atoms with van der Waals surface area (Å²) >= 11 is 0. The maximum absolute atomic E-state index is 12.2. The summed E-state index contributed by atoms with van der Waals surface area (Å²) < 4.78 is 0. The Morgan fingerprint density at radius 1 is 1.33 bits per heavy atom. The number of amides is 1. The first kappa shape index (κ1) is 14.6. The molecule has 21 heavy (non-hydrogen) atoms. The van der Waals surface area contributed by atoms with E-state index in [9.17, 15) is 14.9 Å². The fourth-order valence-electron chi connectivity index (χ4n) is 1.81. The molecule has 1 aromatic carbocycles. The molecule has 0 aliphatic rings. The van der Waals surface area contributed by atoms with Gasteiger partial charge < -0.3 is 11.1 Å². The smallest absolute Gasteiger partial charge is 0.282 e. The highest BCUT2D eigenvalue weighted by atomic mass is 16.6. The molecule has 0 saturated carbocycles. The first-order valence-corrected chi connectivity index (χ1v) is 6.24. The molecule has 7 nitrogen and oxygen atoms in total. The average molecular weight is 286 g/mol. The van der Waals surface area contributed by atoms with Crippen molar-refractivity contribution in [2.24, 2.45) is 5.73 Å². The standard InChI is InChI=1S/C14H14N4O3/c1-9(15)10-2-3-12(13(8-10)18(20)21)14(19)17-11-4-6-16-7-5-11/h2-9H,15H2,1H3,(H,16,17,19). The van der Waals surface area contributed by atoms with E-state index < -0.39 is 10.8 Å². The van der Waals surface area contributed by atoms with E-state index in [1.165, 1.54) is 24.5 Å². The number of nitrogens with zero attached hydrogens (tertiary/aromatic N) is 2. The predicted octanol–water partition coefficient (Wildman–Crippen LogP) is 2.26. The molecule has 0 aliphatic carbocycles. The Labute approximate surface area is 121 Å². The molecule has 1 aromatic heterocycles. The fourth-order valence-corrected chi connectivity index (χ4v) is 1.81. The number of rotatable bonds is 4. The molecule has 0 radical (unpaired) electrons. The van der Waals surface area contributed by atoms with Crippen molar-refractivity contribution in [1.29, 1.82) is 0 Å². The maximum atomic E-state index is 12.2. The molecule has 0 saturated heterocycles. The molecule has 2 aromatic rings. The van der Waals surface area contributed by atoms with Gasteiger partial charge in [-0.05, 0) is 30.7 Å². The lowest BCUT2D eigenvalue weighted by Gasteiger charge is -2.09. The van der Waals surface area contributed by atoms with E-state index >= 15 is 0 Å². The highest BCUT2D eigenvalue weighted by Gasteiger charge is 2.21. The van der Waals surface area contributed by atoms with Crippen molar-refractivity contribution in [2.75, 3.05) is 5.32 Å². The van der Waals surface area contributed by atoms with E-state index in [1.54, 1.807) is 25.1 Å². The maximum Gasteiger partial charge on any atom is 0.282 e. The Morgan fingerprint density at radius 2 is 2.00 bits per heavy atom. The molecule has 108 valence electrons. The Bertz CT molecular complexity index is 671. The van der Waals surface area contributed by atoms with E-state index in [-0.39, 0.29) is 17.3 Å². The number of carbonyl (C=O) groups excluding carboxylic acids is 1. The van der Waals surface area contributed by atoms with Crippen LogP contribution in [0.2, 0.25) is 0 Å². The zero-order valence-corrected chi connectivity index (χ0v) is 11.3. The summed E-state index contributed by atoms with van der Waals surface area (Å²) in [5.41, 5.74) is 6.54. The van der Waals surface area contributed by atoms with Crippen LogP contribution in [0, 0.1) is 10.1 Å². The molecule has 0 fully saturated rings. The zero-order valence-electron chi connectivity index (χ0n) is 11.3. The van der Waals surface area contributed by atoms with Gasteiger partial charge in [0.1, 0.15) is 5.56 Å². The summed E-state index contributed by atoms with van der Waals surface area (Å²) in [4.78, 5) is 26.5. The third-order valence-corrected chi connectivity index (χ3v) is 2.93. The second kappa shape index (κ2) is 6.10. The third kappa shape index (κ3) is 3.40. The SMILES string of the molecule is CC(N)c1ccc(C(=O)Nc2ccncc2)c([N+](=O)[O-])c1. The Morgan fingerprint density at radius 3 is 2.57 bits per heavy atom. The van der Waals surface area contributed by atoms with Crippen LogP contribution in [-0.4, -0.2) is 15.8 Å². The number of nitro groups is 1. The number of nitro benzene ring substituents is 1. The van der Waals surface area contributed by atoms with Gasteiger partial charge in [-0.25, -0.2) is 0 Å². The van der Waals surface area contributed by atoms with Gasteiger partial charge in [0.05, 0.1) is 4.92 Å². The van der Waals surface area contributed by atoms with Gasteiger partial charge in [-0.3, -0.25) is 19.9 Å². The molecule has 1 amide bonds. The topological polar surface area (TPSA) is 111 Å². The van der Waals surface area contributed by atoms with Crippen molar-refractivity contribution in [3.63, 3.8) is 0 Å². The summed E-state index contributed by atoms with van der Waals surface area (Å²) in [6.45, 7) is 1.72. The number of aromatic nitrogens is 1. The van der Waals surface area contributed by atoms with Crippen molar-refractivity contribution in [1.82, 2.24) is 4.98 Å². The quantitative estimate of drug-likeness (QED) is 0.661. The lowest BCUT2D eigenvalue weighted by molar-refractivity contribution is -0.385. The van der Waals surface area contributed by atoms with Crippen LogP contribution in [0.1, 0.15) is 28.9 Å². The normalized spacial score (nSPS) is 11.7. The molecular weight excluding hydrogens is 272 g/mol. The van der Waals surface area contributed by atoms with Gasteiger partial charge in [0.25, 0.3) is 11.6 Å². The van der Waals surface area contributed by atoms with Crippen LogP contribution in [0.4, 0.5) is 11.4 Å². The van der Waals surface area contributed by atoms with E-state index in [0.717, 1.165) is 0 Å². The zero-order chi connectivity index (χ0) is 15.4. The fraction of sp³-hybridized carbons (Fsp3) is 0.143. The van der Waals surface area contributed by atoms with Crippen LogP contribution < -0.4 is 11.1 Å². The third-order valence-electron chi connectivity index (χ3n) is 2.93. The first-order valence-electron chi connectivity index (χ1n) is 6.24. The molecular formula is C14H14N4O3. The monoisotopic (exact) mass is 286 g/mol. The number of hydrogen-bond acceptors (Lipinski definition) is 5. The first-order chi connectivity index (χ1) is 9.99. The largest absolute Gasteiger partial charge is 0.324 e. The van der Waals surface area contributed by atoms with E-state index in [0.29, 0.717) is 11.3 Å². The Hall–Kier alpha value is -2.80. The highest BCUT2D eigenvalue weighted by Crippen LogP contribution is 2.24. The molecule has 1 heterocycles. The molecule has 1 atom stereocenters. The number of benzene rings is 1. The minimum absolute atomic E-state index is 0.0128. The van der Waals surface area contributed by atoms with Crippen LogP contribution in [0.5, 0.6) is 0 Å². The van der Waals surface area contributed by atoms with Crippen LogP contribution in [0.15, 0.2) is 42.7 Å². The lowest BCUT2D eigenvalue weighted by atomic mass is 10.0. The van der Waals surface area contributed by atoms with Crippen LogP contribution in [0.3, 0.4) is 0 Å². The minimum atomic E-state index is -0.590. The van der Waals surface area contributed by atoms with Gasteiger partial charge in [-0.1, -0.05) is 6.07 Å². The van der Waals surface area contributed by atoms with Crippen LogP contribution >= 0.6 is 0 Å². The van der Waals surface area contributed by atoms with Gasteiger partial charge >= 0.3 is 0 Å². The van der Waals surface area contributed by atoms with Gasteiger partial charge in [0.15, 0.2) is 0 Å². The van der Waals surface area contributed by atoms with Crippen LogP contribution in [0.25, 0.3) is 0 Å². The number of pyridine rings is 1. The number of hydrogen-bond donors (Lipinski definition) is 2. The molecule has 0 aliphatic heterocycles. The van der Waals surface area contributed by atoms with Gasteiger partial charge in [-0.2, -0.15) is 0 Å². The molecule has 0 spiro atoms.